The zero-order valence-electron chi connectivity index (χ0n) is 14.6. The molecule has 0 spiro atoms. The average molecular weight is 428 g/mol. The molecule has 2 heterocycles. The lowest BCUT2D eigenvalue weighted by atomic mass is 10.00. The summed E-state index contributed by atoms with van der Waals surface area (Å²) in [7, 11) is -3.83. The Morgan fingerprint density at radius 2 is 2.07 bits per heavy atom. The lowest BCUT2D eigenvalue weighted by Crippen LogP contribution is -2.42. The number of carbonyl (C=O) groups is 1. The van der Waals surface area contributed by atoms with E-state index in [-0.39, 0.29) is 29.6 Å². The van der Waals surface area contributed by atoms with Crippen molar-refractivity contribution in [2.24, 2.45) is 5.92 Å². The van der Waals surface area contributed by atoms with Crippen LogP contribution in [0.15, 0.2) is 40.6 Å². The summed E-state index contributed by atoms with van der Waals surface area (Å²) >= 11 is 0.943. The van der Waals surface area contributed by atoms with Crippen LogP contribution in [0.5, 0.6) is 0 Å². The molecule has 1 aliphatic rings. The van der Waals surface area contributed by atoms with E-state index in [1.165, 1.54) is 27.9 Å². The molecule has 11 heteroatoms. The number of nitrogens with zero attached hydrogens (tertiary/aromatic N) is 2. The van der Waals surface area contributed by atoms with E-state index in [1.54, 1.807) is 0 Å². The van der Waals surface area contributed by atoms with Crippen molar-refractivity contribution in [3.63, 3.8) is 0 Å². The van der Waals surface area contributed by atoms with Gasteiger partial charge < -0.3 is 4.74 Å². The summed E-state index contributed by atoms with van der Waals surface area (Å²) in [5.41, 5.74) is 0.511. The fourth-order valence-corrected chi connectivity index (χ4v) is 5.15. The van der Waals surface area contributed by atoms with Gasteiger partial charge in [0.1, 0.15) is 12.4 Å². The summed E-state index contributed by atoms with van der Waals surface area (Å²) in [6, 6.07) is 5.86. The van der Waals surface area contributed by atoms with E-state index >= 15 is 0 Å². The molecule has 1 aromatic carbocycles. The van der Waals surface area contributed by atoms with Gasteiger partial charge in [0.2, 0.25) is 10.0 Å². The molecule has 1 aromatic heterocycles. The molecule has 28 heavy (non-hydrogen) atoms. The van der Waals surface area contributed by atoms with Gasteiger partial charge in [-0.05, 0) is 37.1 Å². The molecular formula is C17H17FN2O6S2. The number of esters is 1. The van der Waals surface area contributed by atoms with E-state index in [4.69, 9.17) is 4.74 Å². The monoisotopic (exact) mass is 428 g/mol. The zero-order chi connectivity index (χ0) is 20.3. The first-order valence-corrected chi connectivity index (χ1v) is 10.7. The molecule has 0 radical (unpaired) electrons. The number of rotatable bonds is 6. The summed E-state index contributed by atoms with van der Waals surface area (Å²) in [6.45, 7) is 0.132. The van der Waals surface area contributed by atoms with Crippen LogP contribution < -0.4 is 0 Å². The van der Waals surface area contributed by atoms with E-state index < -0.39 is 32.7 Å². The van der Waals surface area contributed by atoms with Crippen LogP contribution in [-0.4, -0.2) is 36.7 Å². The first-order valence-electron chi connectivity index (χ1n) is 8.41. The Bertz CT molecular complexity index is 974. The van der Waals surface area contributed by atoms with Crippen molar-refractivity contribution in [1.82, 2.24) is 4.31 Å². The van der Waals surface area contributed by atoms with Crippen molar-refractivity contribution < 1.29 is 27.3 Å². The molecule has 8 nitrogen and oxygen atoms in total. The smallest absolute Gasteiger partial charge is 0.324 e. The second-order valence-corrected chi connectivity index (χ2v) is 9.14. The summed E-state index contributed by atoms with van der Waals surface area (Å²) in [5.74, 6) is -1.71. The second-order valence-electron chi connectivity index (χ2n) is 6.31. The summed E-state index contributed by atoms with van der Waals surface area (Å²) in [6.07, 6.45) is 0.974. The first-order chi connectivity index (χ1) is 13.3. The molecule has 0 bridgehead atoms. The van der Waals surface area contributed by atoms with Crippen LogP contribution in [0, 0.1) is 21.8 Å². The topological polar surface area (TPSA) is 107 Å². The number of benzene rings is 1. The number of hydrogen-bond acceptors (Lipinski definition) is 7. The van der Waals surface area contributed by atoms with E-state index in [0.717, 1.165) is 23.5 Å². The van der Waals surface area contributed by atoms with Gasteiger partial charge in [0.15, 0.2) is 0 Å². The van der Waals surface area contributed by atoms with Gasteiger partial charge in [-0.2, -0.15) is 4.31 Å². The van der Waals surface area contributed by atoms with Crippen LogP contribution in [0.4, 0.5) is 9.39 Å². The highest BCUT2D eigenvalue weighted by molar-refractivity contribution is 7.89. The molecule has 1 saturated heterocycles. The predicted molar refractivity (Wildman–Crippen MR) is 98.7 cm³/mol. The average Bonchev–Trinajstić information content (AvgIpc) is 3.16. The molecule has 0 N–H and O–H groups in total. The summed E-state index contributed by atoms with van der Waals surface area (Å²) < 4.78 is 44.9. The normalized spacial score (nSPS) is 18.0. The van der Waals surface area contributed by atoms with Crippen LogP contribution in [0.1, 0.15) is 18.4 Å². The van der Waals surface area contributed by atoms with Gasteiger partial charge in [-0.15, -0.1) is 0 Å². The number of piperidine rings is 1. The minimum atomic E-state index is -3.83. The van der Waals surface area contributed by atoms with Crippen molar-refractivity contribution in [2.75, 3.05) is 13.1 Å². The zero-order valence-corrected chi connectivity index (χ0v) is 16.2. The number of halogens is 1. The summed E-state index contributed by atoms with van der Waals surface area (Å²) in [4.78, 5) is 22.5. The molecule has 0 amide bonds. The maximum atomic E-state index is 13.0. The van der Waals surface area contributed by atoms with Crippen molar-refractivity contribution in [3.05, 3.63) is 57.2 Å². The van der Waals surface area contributed by atoms with E-state index in [1.807, 2.05) is 0 Å². The van der Waals surface area contributed by atoms with Crippen LogP contribution in [-0.2, 0) is 26.2 Å². The van der Waals surface area contributed by atoms with Gasteiger partial charge in [0.05, 0.1) is 15.7 Å². The fraction of sp³-hybridized carbons (Fsp3) is 0.353. The van der Waals surface area contributed by atoms with Gasteiger partial charge in [-0.25, -0.2) is 12.8 Å². The maximum Gasteiger partial charge on any atom is 0.324 e. The molecule has 1 atom stereocenters. The largest absolute Gasteiger partial charge is 0.461 e. The van der Waals surface area contributed by atoms with Gasteiger partial charge in [-0.1, -0.05) is 11.3 Å². The van der Waals surface area contributed by atoms with Crippen molar-refractivity contribution in [2.45, 2.75) is 24.3 Å². The molecule has 3 rings (SSSR count). The SMILES string of the molecule is O=C(OCc1csc([N+](=O)[O-])c1)C1CCCN(S(=O)(=O)c2ccc(F)cc2)C1. The molecule has 0 saturated carbocycles. The molecule has 2 aromatic rings. The third-order valence-corrected chi connectivity index (χ3v) is 7.18. The Labute approximate surface area is 164 Å². The number of nitro groups is 1. The lowest BCUT2D eigenvalue weighted by Gasteiger charge is -2.30. The van der Waals surface area contributed by atoms with Crippen molar-refractivity contribution in [3.8, 4) is 0 Å². The molecule has 1 unspecified atom stereocenters. The van der Waals surface area contributed by atoms with Crippen LogP contribution in [0.2, 0.25) is 0 Å². The lowest BCUT2D eigenvalue weighted by molar-refractivity contribution is -0.380. The second kappa shape index (κ2) is 8.33. The Morgan fingerprint density at radius 1 is 1.36 bits per heavy atom. The van der Waals surface area contributed by atoms with E-state index in [0.29, 0.717) is 18.4 Å². The summed E-state index contributed by atoms with van der Waals surface area (Å²) in [5, 5.41) is 12.2. The van der Waals surface area contributed by atoms with Gasteiger partial charge in [0, 0.05) is 30.1 Å². The quantitative estimate of drug-likeness (QED) is 0.398. The number of sulfonamides is 1. The van der Waals surface area contributed by atoms with Gasteiger partial charge in [0.25, 0.3) is 0 Å². The highest BCUT2D eigenvalue weighted by Gasteiger charge is 2.34. The molecule has 1 aliphatic heterocycles. The Morgan fingerprint density at radius 3 is 2.71 bits per heavy atom. The van der Waals surface area contributed by atoms with Crippen LogP contribution >= 0.6 is 11.3 Å². The third-order valence-electron chi connectivity index (χ3n) is 4.37. The van der Waals surface area contributed by atoms with Gasteiger partial charge >= 0.3 is 11.0 Å². The maximum absolute atomic E-state index is 13.0. The third kappa shape index (κ3) is 4.54. The standard InChI is InChI=1S/C17H17FN2O6S2/c18-14-3-5-15(6-4-14)28(24,25)19-7-1-2-13(9-19)17(21)26-10-12-8-16(20(22)23)27-11-12/h3-6,8,11,13H,1-2,7,9-10H2. The van der Waals surface area contributed by atoms with Crippen molar-refractivity contribution in [1.29, 1.82) is 0 Å². The Hall–Kier alpha value is -2.37. The first kappa shape index (κ1) is 20.4. The number of hydrogen-bond donors (Lipinski definition) is 0. The molecule has 0 aliphatic carbocycles. The Kier molecular flexibility index (Phi) is 6.06. The van der Waals surface area contributed by atoms with Crippen LogP contribution in [0.25, 0.3) is 0 Å². The van der Waals surface area contributed by atoms with E-state index in [9.17, 15) is 27.7 Å². The highest BCUT2D eigenvalue weighted by atomic mass is 32.2. The highest BCUT2D eigenvalue weighted by Crippen LogP contribution is 2.26. The number of ether oxygens (including phenoxy) is 1. The van der Waals surface area contributed by atoms with Crippen molar-refractivity contribution >= 4 is 32.3 Å². The number of carbonyl (C=O) groups excluding carboxylic acids is 1. The minimum Gasteiger partial charge on any atom is -0.461 e. The van der Waals surface area contributed by atoms with Crippen LogP contribution in [0.3, 0.4) is 0 Å². The molecular weight excluding hydrogens is 411 g/mol. The van der Waals surface area contributed by atoms with Gasteiger partial charge in [-0.3, -0.25) is 14.9 Å². The van der Waals surface area contributed by atoms with E-state index in [2.05, 4.69) is 0 Å². The fourth-order valence-electron chi connectivity index (χ4n) is 2.92. The minimum absolute atomic E-state index is 0.0255. The number of thiophene rings is 1. The Balaban J connectivity index is 1.62. The molecule has 1 fully saturated rings. The predicted octanol–water partition coefficient (Wildman–Crippen LogP) is 2.94. The molecule has 150 valence electrons.